The van der Waals surface area contributed by atoms with Crippen LogP contribution < -0.4 is 11.2 Å². The fourth-order valence-corrected chi connectivity index (χ4v) is 2.03. The summed E-state index contributed by atoms with van der Waals surface area (Å²) >= 11 is 11.6. The van der Waals surface area contributed by atoms with Gasteiger partial charge >= 0.3 is 5.69 Å². The van der Waals surface area contributed by atoms with Crippen LogP contribution in [0.4, 0.5) is 0 Å². The minimum atomic E-state index is -0.763. The lowest BCUT2D eigenvalue weighted by Gasteiger charge is -2.10. The summed E-state index contributed by atoms with van der Waals surface area (Å²) < 4.78 is 0.925. The third kappa shape index (κ3) is 2.14. The van der Waals surface area contributed by atoms with E-state index in [1.807, 2.05) is 0 Å². The SMILES string of the molecule is Cc1c(O)n(-c2cc(Cl)cc(Cl)c2)c(=O)[nH]c1=O. The lowest BCUT2D eigenvalue weighted by molar-refractivity contribution is 0.426. The lowest BCUT2D eigenvalue weighted by atomic mass is 10.3. The zero-order chi connectivity index (χ0) is 13.4. The molecule has 1 aromatic carbocycles. The number of nitrogens with one attached hydrogen (secondary N) is 1. The highest BCUT2D eigenvalue weighted by Gasteiger charge is 2.12. The van der Waals surface area contributed by atoms with Gasteiger partial charge in [-0.2, -0.15) is 0 Å². The number of aromatic amines is 1. The summed E-state index contributed by atoms with van der Waals surface area (Å²) in [6, 6.07) is 4.39. The molecule has 0 aliphatic heterocycles. The summed E-state index contributed by atoms with van der Waals surface area (Å²) in [5.74, 6) is -0.443. The number of rotatable bonds is 1. The van der Waals surface area contributed by atoms with Crippen molar-refractivity contribution in [3.8, 4) is 11.6 Å². The van der Waals surface area contributed by atoms with Crippen molar-refractivity contribution in [1.82, 2.24) is 9.55 Å². The maximum Gasteiger partial charge on any atom is 0.335 e. The van der Waals surface area contributed by atoms with Gasteiger partial charge in [0.2, 0.25) is 5.88 Å². The average Bonchev–Trinajstić information content (AvgIpc) is 2.24. The first-order valence-corrected chi connectivity index (χ1v) is 5.67. The first kappa shape index (κ1) is 12.7. The number of aromatic nitrogens is 2. The van der Waals surface area contributed by atoms with Crippen molar-refractivity contribution in [2.75, 3.05) is 0 Å². The molecule has 0 atom stereocenters. The molecule has 7 heteroatoms. The van der Waals surface area contributed by atoms with E-state index >= 15 is 0 Å². The maximum absolute atomic E-state index is 11.7. The van der Waals surface area contributed by atoms with E-state index in [4.69, 9.17) is 23.2 Å². The standard InChI is InChI=1S/C11H8Cl2N2O3/c1-5-9(16)14-11(18)15(10(5)17)8-3-6(12)2-7(13)4-8/h2-4,17H,1H3,(H,14,16,18). The van der Waals surface area contributed by atoms with Crippen molar-refractivity contribution in [3.05, 3.63) is 54.6 Å². The number of aromatic hydroxyl groups is 1. The Hall–Kier alpha value is -1.72. The van der Waals surface area contributed by atoms with Gasteiger partial charge in [-0.05, 0) is 25.1 Å². The monoisotopic (exact) mass is 286 g/mol. The topological polar surface area (TPSA) is 75.1 Å². The highest BCUT2D eigenvalue weighted by atomic mass is 35.5. The summed E-state index contributed by atoms with van der Waals surface area (Å²) in [6.45, 7) is 1.40. The fourth-order valence-electron chi connectivity index (χ4n) is 1.52. The Morgan fingerprint density at radius 3 is 2.28 bits per heavy atom. The summed E-state index contributed by atoms with van der Waals surface area (Å²) in [6.07, 6.45) is 0. The van der Waals surface area contributed by atoms with Crippen LogP contribution >= 0.6 is 23.2 Å². The minimum absolute atomic E-state index is 0.0331. The van der Waals surface area contributed by atoms with Crippen LogP contribution in [-0.4, -0.2) is 14.7 Å². The molecule has 0 aliphatic carbocycles. The lowest BCUT2D eigenvalue weighted by Crippen LogP contribution is -2.30. The van der Waals surface area contributed by atoms with Crippen LogP contribution in [0.15, 0.2) is 27.8 Å². The maximum atomic E-state index is 11.7. The molecule has 0 saturated carbocycles. The molecule has 1 aromatic heterocycles. The summed E-state index contributed by atoms with van der Waals surface area (Å²) in [7, 11) is 0. The molecular formula is C11H8Cl2N2O3. The van der Waals surface area contributed by atoms with Gasteiger partial charge in [0.05, 0.1) is 11.3 Å². The molecule has 0 amide bonds. The minimum Gasteiger partial charge on any atom is -0.494 e. The van der Waals surface area contributed by atoms with Gasteiger partial charge in [-0.15, -0.1) is 0 Å². The largest absolute Gasteiger partial charge is 0.494 e. The number of benzene rings is 1. The second-order valence-corrected chi connectivity index (χ2v) is 4.54. The third-order valence-corrected chi connectivity index (χ3v) is 2.85. The number of halogens is 2. The molecular weight excluding hydrogens is 279 g/mol. The van der Waals surface area contributed by atoms with E-state index in [0.717, 1.165) is 4.57 Å². The predicted octanol–water partition coefficient (Wildman–Crippen LogP) is 1.85. The molecule has 2 aromatic rings. The van der Waals surface area contributed by atoms with Crippen LogP contribution in [-0.2, 0) is 0 Å². The van der Waals surface area contributed by atoms with E-state index in [9.17, 15) is 14.7 Å². The van der Waals surface area contributed by atoms with Crippen LogP contribution in [0.2, 0.25) is 10.0 Å². The van der Waals surface area contributed by atoms with Crippen LogP contribution in [0.25, 0.3) is 5.69 Å². The molecule has 0 saturated heterocycles. The number of nitrogens with zero attached hydrogens (tertiary/aromatic N) is 1. The Morgan fingerprint density at radius 2 is 1.72 bits per heavy atom. The second kappa shape index (κ2) is 4.51. The smallest absolute Gasteiger partial charge is 0.335 e. The van der Waals surface area contributed by atoms with E-state index in [-0.39, 0.29) is 11.3 Å². The number of hydrogen-bond donors (Lipinski definition) is 2. The fraction of sp³-hybridized carbons (Fsp3) is 0.0909. The van der Waals surface area contributed by atoms with Crippen molar-refractivity contribution in [2.45, 2.75) is 6.92 Å². The van der Waals surface area contributed by atoms with Crippen LogP contribution in [0.3, 0.4) is 0 Å². The average molecular weight is 287 g/mol. The summed E-state index contributed by atoms with van der Waals surface area (Å²) in [5, 5.41) is 10.5. The van der Waals surface area contributed by atoms with Crippen LogP contribution in [0.1, 0.15) is 5.56 Å². The molecule has 2 rings (SSSR count). The van der Waals surface area contributed by atoms with Crippen molar-refractivity contribution >= 4 is 23.2 Å². The van der Waals surface area contributed by atoms with Crippen LogP contribution in [0, 0.1) is 6.92 Å². The first-order valence-electron chi connectivity index (χ1n) is 4.91. The van der Waals surface area contributed by atoms with Crippen molar-refractivity contribution < 1.29 is 5.11 Å². The van der Waals surface area contributed by atoms with Crippen LogP contribution in [0.5, 0.6) is 5.88 Å². The van der Waals surface area contributed by atoms with Crippen molar-refractivity contribution in [2.24, 2.45) is 0 Å². The van der Waals surface area contributed by atoms with Crippen molar-refractivity contribution in [3.63, 3.8) is 0 Å². The molecule has 0 aliphatic rings. The molecule has 0 spiro atoms. The van der Waals surface area contributed by atoms with Gasteiger partial charge in [0.25, 0.3) is 5.56 Å². The Kier molecular flexibility index (Phi) is 3.19. The van der Waals surface area contributed by atoms with E-state index in [2.05, 4.69) is 4.98 Å². The van der Waals surface area contributed by atoms with E-state index in [1.165, 1.54) is 25.1 Å². The second-order valence-electron chi connectivity index (χ2n) is 3.67. The molecule has 0 radical (unpaired) electrons. The molecule has 1 heterocycles. The zero-order valence-corrected chi connectivity index (χ0v) is 10.7. The van der Waals surface area contributed by atoms with Gasteiger partial charge < -0.3 is 5.11 Å². The van der Waals surface area contributed by atoms with Gasteiger partial charge in [-0.3, -0.25) is 9.78 Å². The van der Waals surface area contributed by atoms with E-state index in [0.29, 0.717) is 10.0 Å². The Bertz CT molecular complexity index is 714. The van der Waals surface area contributed by atoms with E-state index in [1.54, 1.807) is 0 Å². The third-order valence-electron chi connectivity index (χ3n) is 2.42. The quantitative estimate of drug-likeness (QED) is 0.840. The highest BCUT2D eigenvalue weighted by Crippen LogP contribution is 2.23. The van der Waals surface area contributed by atoms with E-state index < -0.39 is 17.1 Å². The summed E-state index contributed by atoms with van der Waals surface area (Å²) in [4.78, 5) is 25.1. The molecule has 0 bridgehead atoms. The van der Waals surface area contributed by atoms with Gasteiger partial charge in [-0.25, -0.2) is 9.36 Å². The molecule has 0 unspecified atom stereocenters. The van der Waals surface area contributed by atoms with Gasteiger partial charge in [0.15, 0.2) is 0 Å². The molecule has 18 heavy (non-hydrogen) atoms. The Morgan fingerprint density at radius 1 is 1.17 bits per heavy atom. The number of hydrogen-bond acceptors (Lipinski definition) is 3. The Balaban J connectivity index is 2.83. The van der Waals surface area contributed by atoms with Gasteiger partial charge in [0.1, 0.15) is 0 Å². The zero-order valence-electron chi connectivity index (χ0n) is 9.20. The molecule has 5 nitrogen and oxygen atoms in total. The number of H-pyrrole nitrogens is 1. The summed E-state index contributed by atoms with van der Waals surface area (Å²) in [5.41, 5.74) is -1.09. The highest BCUT2D eigenvalue weighted by molar-refractivity contribution is 6.34. The normalized spacial score (nSPS) is 10.6. The van der Waals surface area contributed by atoms with Crippen molar-refractivity contribution in [1.29, 1.82) is 0 Å². The Labute approximate surface area is 111 Å². The molecule has 0 fully saturated rings. The first-order chi connectivity index (χ1) is 8.40. The molecule has 2 N–H and O–H groups in total. The predicted molar refractivity (Wildman–Crippen MR) is 69.1 cm³/mol. The van der Waals surface area contributed by atoms with Gasteiger partial charge in [-0.1, -0.05) is 23.2 Å². The van der Waals surface area contributed by atoms with Gasteiger partial charge in [0, 0.05) is 10.0 Å². The molecule has 94 valence electrons.